The largest absolute Gasteiger partial charge is 0.345 e. The second-order valence-corrected chi connectivity index (χ2v) is 6.12. The zero-order valence-corrected chi connectivity index (χ0v) is 13.5. The number of hydrogen-bond acceptors (Lipinski definition) is 4. The Morgan fingerprint density at radius 2 is 2.20 bits per heavy atom. The monoisotopic (exact) mass is 402 g/mol. The highest BCUT2D eigenvalue weighted by Crippen LogP contribution is 2.21. The minimum Gasteiger partial charge on any atom is -0.345 e. The zero-order valence-electron chi connectivity index (χ0n) is 10.5. The van der Waals surface area contributed by atoms with E-state index < -0.39 is 4.92 Å². The summed E-state index contributed by atoms with van der Waals surface area (Å²) in [6.45, 7) is 1.88. The number of thiophene rings is 1. The van der Waals surface area contributed by atoms with Crippen molar-refractivity contribution in [2.75, 3.05) is 0 Å². The third-order valence-electron chi connectivity index (χ3n) is 2.80. The van der Waals surface area contributed by atoms with Gasteiger partial charge >= 0.3 is 0 Å². The molecule has 0 saturated carbocycles. The normalized spacial score (nSPS) is 11.9. The molecule has 1 aromatic carbocycles. The van der Waals surface area contributed by atoms with E-state index in [0.29, 0.717) is 9.13 Å². The maximum Gasteiger partial charge on any atom is 0.270 e. The summed E-state index contributed by atoms with van der Waals surface area (Å²) in [5.74, 6) is -0.309. The van der Waals surface area contributed by atoms with Crippen molar-refractivity contribution in [1.29, 1.82) is 0 Å². The molecule has 0 radical (unpaired) electrons. The molecular formula is C13H11IN2O3S. The number of carbonyl (C=O) groups is 1. The summed E-state index contributed by atoms with van der Waals surface area (Å²) in [6.07, 6.45) is 0. The lowest BCUT2D eigenvalue weighted by molar-refractivity contribution is -0.384. The Balaban J connectivity index is 2.20. The fraction of sp³-hybridized carbons (Fsp3) is 0.154. The molecule has 0 aliphatic heterocycles. The van der Waals surface area contributed by atoms with Gasteiger partial charge in [0.15, 0.2) is 0 Å². The maximum absolute atomic E-state index is 12.2. The number of rotatable bonds is 4. The number of benzene rings is 1. The van der Waals surface area contributed by atoms with Crippen molar-refractivity contribution >= 4 is 45.5 Å². The van der Waals surface area contributed by atoms with E-state index in [4.69, 9.17) is 0 Å². The predicted molar refractivity (Wildman–Crippen MR) is 86.0 cm³/mol. The average molecular weight is 402 g/mol. The van der Waals surface area contributed by atoms with Crippen LogP contribution in [0.1, 0.15) is 28.9 Å². The van der Waals surface area contributed by atoms with Crippen molar-refractivity contribution < 1.29 is 9.72 Å². The third kappa shape index (κ3) is 3.34. The van der Waals surface area contributed by atoms with Crippen LogP contribution in [0.3, 0.4) is 0 Å². The van der Waals surface area contributed by atoms with E-state index >= 15 is 0 Å². The van der Waals surface area contributed by atoms with Crippen LogP contribution in [0.4, 0.5) is 5.69 Å². The molecule has 2 aromatic rings. The van der Waals surface area contributed by atoms with Crippen LogP contribution in [-0.4, -0.2) is 10.8 Å². The molecule has 0 aliphatic rings. The molecular weight excluding hydrogens is 391 g/mol. The highest BCUT2D eigenvalue weighted by atomic mass is 127. The second kappa shape index (κ2) is 6.31. The lowest BCUT2D eigenvalue weighted by atomic mass is 10.1. The number of carbonyl (C=O) groups excluding carboxylic acids is 1. The van der Waals surface area contributed by atoms with E-state index in [9.17, 15) is 14.9 Å². The summed E-state index contributed by atoms with van der Waals surface area (Å²) in [4.78, 5) is 22.5. The Bertz CT molecular complexity index is 643. The number of amides is 1. The van der Waals surface area contributed by atoms with Crippen LogP contribution in [0.15, 0.2) is 35.0 Å². The van der Waals surface area contributed by atoms with Crippen LogP contribution in [0.5, 0.6) is 0 Å². The van der Waals surface area contributed by atoms with Crippen molar-refractivity contribution in [3.05, 3.63) is 59.8 Å². The van der Waals surface area contributed by atoms with Gasteiger partial charge in [0.05, 0.1) is 16.5 Å². The molecule has 0 bridgehead atoms. The number of hydrogen-bond donors (Lipinski definition) is 1. The van der Waals surface area contributed by atoms with Gasteiger partial charge < -0.3 is 5.32 Å². The molecule has 1 unspecified atom stereocenters. The summed E-state index contributed by atoms with van der Waals surface area (Å²) >= 11 is 3.55. The quantitative estimate of drug-likeness (QED) is 0.481. The SMILES string of the molecule is CC(NC(=O)c1cc([N+](=O)[O-])ccc1I)c1ccsc1. The van der Waals surface area contributed by atoms with Gasteiger partial charge in [-0.05, 0) is 58.0 Å². The molecule has 2 rings (SSSR count). The molecule has 0 spiro atoms. The van der Waals surface area contributed by atoms with Gasteiger partial charge in [0, 0.05) is 15.7 Å². The molecule has 1 atom stereocenters. The average Bonchev–Trinajstić information content (AvgIpc) is 2.92. The van der Waals surface area contributed by atoms with Gasteiger partial charge in [-0.25, -0.2) is 0 Å². The van der Waals surface area contributed by atoms with Crippen molar-refractivity contribution in [3.63, 3.8) is 0 Å². The van der Waals surface area contributed by atoms with E-state index in [1.165, 1.54) is 12.1 Å². The van der Waals surface area contributed by atoms with Crippen molar-refractivity contribution in [1.82, 2.24) is 5.32 Å². The van der Waals surface area contributed by atoms with Crippen LogP contribution < -0.4 is 5.32 Å². The first-order chi connectivity index (χ1) is 9.49. The summed E-state index contributed by atoms with van der Waals surface area (Å²) in [6, 6.07) is 6.07. The van der Waals surface area contributed by atoms with Crippen LogP contribution in [0, 0.1) is 13.7 Å². The lowest BCUT2D eigenvalue weighted by Gasteiger charge is -2.13. The molecule has 7 heteroatoms. The molecule has 1 amide bonds. The fourth-order valence-electron chi connectivity index (χ4n) is 1.68. The number of nitrogens with one attached hydrogen (secondary N) is 1. The topological polar surface area (TPSA) is 72.2 Å². The van der Waals surface area contributed by atoms with Gasteiger partial charge in [0.2, 0.25) is 0 Å². The van der Waals surface area contributed by atoms with E-state index in [0.717, 1.165) is 5.56 Å². The fourth-order valence-corrected chi connectivity index (χ4v) is 3.01. The molecule has 1 heterocycles. The number of nitro benzene ring substituents is 1. The van der Waals surface area contributed by atoms with Gasteiger partial charge in [-0.2, -0.15) is 11.3 Å². The van der Waals surface area contributed by atoms with Crippen molar-refractivity contribution in [2.45, 2.75) is 13.0 Å². The molecule has 0 aliphatic carbocycles. The Morgan fingerprint density at radius 1 is 1.45 bits per heavy atom. The Hall–Kier alpha value is -1.48. The first-order valence-electron chi connectivity index (χ1n) is 5.76. The maximum atomic E-state index is 12.2. The summed E-state index contributed by atoms with van der Waals surface area (Å²) in [5, 5.41) is 17.5. The molecule has 1 N–H and O–H groups in total. The number of halogens is 1. The van der Waals surface area contributed by atoms with E-state index in [-0.39, 0.29) is 17.6 Å². The smallest absolute Gasteiger partial charge is 0.270 e. The molecule has 5 nitrogen and oxygen atoms in total. The zero-order chi connectivity index (χ0) is 14.7. The standard InChI is InChI=1S/C13H11IN2O3S/c1-8(9-4-5-20-7-9)15-13(17)11-6-10(16(18)19)2-3-12(11)14/h2-8H,1H3,(H,15,17). The Kier molecular flexibility index (Phi) is 4.71. The number of non-ortho nitro benzene ring substituents is 1. The minimum absolute atomic E-state index is 0.0845. The highest BCUT2D eigenvalue weighted by Gasteiger charge is 2.17. The van der Waals surface area contributed by atoms with Gasteiger partial charge in [-0.15, -0.1) is 0 Å². The third-order valence-corrected chi connectivity index (χ3v) is 4.44. The Labute approximate surface area is 133 Å². The van der Waals surface area contributed by atoms with Crippen LogP contribution in [-0.2, 0) is 0 Å². The van der Waals surface area contributed by atoms with E-state index in [1.54, 1.807) is 17.4 Å². The number of nitrogens with zero attached hydrogens (tertiary/aromatic N) is 1. The molecule has 0 fully saturated rings. The number of nitro groups is 1. The molecule has 20 heavy (non-hydrogen) atoms. The van der Waals surface area contributed by atoms with Crippen LogP contribution in [0.2, 0.25) is 0 Å². The van der Waals surface area contributed by atoms with Gasteiger partial charge in [0.25, 0.3) is 11.6 Å². The molecule has 1 aromatic heterocycles. The molecule has 0 saturated heterocycles. The first kappa shape index (κ1) is 14.9. The van der Waals surface area contributed by atoms with Crippen LogP contribution in [0.25, 0.3) is 0 Å². The molecule has 104 valence electrons. The van der Waals surface area contributed by atoms with Crippen molar-refractivity contribution in [3.8, 4) is 0 Å². The van der Waals surface area contributed by atoms with E-state index in [1.807, 2.05) is 46.3 Å². The highest BCUT2D eigenvalue weighted by molar-refractivity contribution is 14.1. The second-order valence-electron chi connectivity index (χ2n) is 4.17. The van der Waals surface area contributed by atoms with Gasteiger partial charge in [0.1, 0.15) is 0 Å². The first-order valence-corrected chi connectivity index (χ1v) is 7.78. The lowest BCUT2D eigenvalue weighted by Crippen LogP contribution is -2.27. The van der Waals surface area contributed by atoms with Gasteiger partial charge in [-0.3, -0.25) is 14.9 Å². The Morgan fingerprint density at radius 3 is 2.80 bits per heavy atom. The van der Waals surface area contributed by atoms with Gasteiger partial charge in [-0.1, -0.05) is 0 Å². The van der Waals surface area contributed by atoms with Crippen molar-refractivity contribution in [2.24, 2.45) is 0 Å². The van der Waals surface area contributed by atoms with E-state index in [2.05, 4.69) is 5.32 Å². The summed E-state index contributed by atoms with van der Waals surface area (Å²) < 4.78 is 0.684. The summed E-state index contributed by atoms with van der Waals surface area (Å²) in [7, 11) is 0. The van der Waals surface area contributed by atoms with Crippen LogP contribution >= 0.6 is 33.9 Å². The predicted octanol–water partition coefficient (Wildman–Crippen LogP) is 3.75. The summed E-state index contributed by atoms with van der Waals surface area (Å²) in [5.41, 5.74) is 1.25. The minimum atomic E-state index is -0.505.